The van der Waals surface area contributed by atoms with E-state index in [4.69, 9.17) is 10.5 Å². The van der Waals surface area contributed by atoms with E-state index in [2.05, 4.69) is 35.6 Å². The molecule has 0 aromatic heterocycles. The zero-order chi connectivity index (χ0) is 14.9. The molecule has 1 aromatic carbocycles. The first-order valence-corrected chi connectivity index (χ1v) is 8.33. The topological polar surface area (TPSA) is 47.3 Å². The second-order valence-electron chi connectivity index (χ2n) is 6.21. The van der Waals surface area contributed by atoms with Crippen LogP contribution in [0.3, 0.4) is 0 Å². The van der Waals surface area contributed by atoms with Crippen LogP contribution in [0.15, 0.2) is 30.3 Å². The molecule has 1 aliphatic rings. The van der Waals surface area contributed by atoms with E-state index in [1.807, 2.05) is 0 Å². The maximum atomic E-state index is 5.62. The molecule has 0 bridgehead atoms. The Morgan fingerprint density at radius 3 is 2.52 bits per heavy atom. The summed E-state index contributed by atoms with van der Waals surface area (Å²) in [7, 11) is 1.78. The van der Waals surface area contributed by atoms with Crippen LogP contribution in [0.2, 0.25) is 0 Å². The van der Waals surface area contributed by atoms with Crippen LogP contribution in [0.1, 0.15) is 50.0 Å². The molecule has 0 saturated heterocycles. The van der Waals surface area contributed by atoms with Gasteiger partial charge in [-0.05, 0) is 56.6 Å². The summed E-state index contributed by atoms with van der Waals surface area (Å²) in [6, 6.07) is 12.0. The first kappa shape index (κ1) is 16.5. The van der Waals surface area contributed by atoms with Crippen molar-refractivity contribution in [3.05, 3.63) is 35.9 Å². The van der Waals surface area contributed by atoms with Gasteiger partial charge in [-0.2, -0.15) is 0 Å². The Morgan fingerprint density at radius 1 is 1.19 bits per heavy atom. The van der Waals surface area contributed by atoms with E-state index in [-0.39, 0.29) is 0 Å². The van der Waals surface area contributed by atoms with E-state index in [1.165, 1.54) is 31.2 Å². The monoisotopic (exact) mass is 290 g/mol. The highest BCUT2D eigenvalue weighted by Gasteiger charge is 2.23. The fraction of sp³-hybridized carbons (Fsp3) is 0.667. The van der Waals surface area contributed by atoms with Gasteiger partial charge in [0.1, 0.15) is 0 Å². The molecule has 0 spiro atoms. The van der Waals surface area contributed by atoms with Crippen LogP contribution in [0, 0.1) is 0 Å². The minimum absolute atomic E-state index is 0.455. The molecule has 3 N–H and O–H groups in total. The minimum atomic E-state index is 0.455. The molecule has 0 radical (unpaired) electrons. The van der Waals surface area contributed by atoms with Crippen molar-refractivity contribution in [2.75, 3.05) is 20.3 Å². The van der Waals surface area contributed by atoms with E-state index < -0.39 is 0 Å². The quantitative estimate of drug-likeness (QED) is 0.773. The second kappa shape index (κ2) is 9.19. The average molecular weight is 290 g/mol. The van der Waals surface area contributed by atoms with E-state index in [0.29, 0.717) is 12.1 Å². The Kier molecular flexibility index (Phi) is 7.20. The van der Waals surface area contributed by atoms with Gasteiger partial charge in [-0.3, -0.25) is 0 Å². The standard InChI is InChI=1S/C18H30N2O/c1-21-14-18(8-5-13-19)20-17-11-9-16(10-12-17)15-6-3-2-4-7-15/h2-4,6-7,16-18,20H,5,8-14,19H2,1H3. The fourth-order valence-corrected chi connectivity index (χ4v) is 3.43. The number of ether oxygens (including phenoxy) is 1. The van der Waals surface area contributed by atoms with Crippen LogP contribution in [0.5, 0.6) is 0 Å². The average Bonchev–Trinajstić information content (AvgIpc) is 2.54. The summed E-state index contributed by atoms with van der Waals surface area (Å²) in [4.78, 5) is 0. The van der Waals surface area contributed by atoms with Gasteiger partial charge < -0.3 is 15.8 Å². The lowest BCUT2D eigenvalue weighted by atomic mass is 9.81. The van der Waals surface area contributed by atoms with Gasteiger partial charge in [-0.25, -0.2) is 0 Å². The number of benzene rings is 1. The first-order valence-electron chi connectivity index (χ1n) is 8.33. The van der Waals surface area contributed by atoms with Gasteiger partial charge in [0.15, 0.2) is 0 Å². The predicted molar refractivity (Wildman–Crippen MR) is 88.5 cm³/mol. The van der Waals surface area contributed by atoms with Crippen LogP contribution >= 0.6 is 0 Å². The molecule has 118 valence electrons. The highest BCUT2D eigenvalue weighted by molar-refractivity contribution is 5.20. The largest absolute Gasteiger partial charge is 0.383 e. The highest BCUT2D eigenvalue weighted by Crippen LogP contribution is 2.32. The van der Waals surface area contributed by atoms with Crippen molar-refractivity contribution in [3.63, 3.8) is 0 Å². The Labute approximate surface area is 129 Å². The smallest absolute Gasteiger partial charge is 0.0615 e. The molecule has 1 saturated carbocycles. The van der Waals surface area contributed by atoms with Crippen molar-refractivity contribution in [2.24, 2.45) is 5.73 Å². The molecule has 0 aliphatic heterocycles. The number of hydrogen-bond acceptors (Lipinski definition) is 3. The van der Waals surface area contributed by atoms with Gasteiger partial charge in [0.25, 0.3) is 0 Å². The van der Waals surface area contributed by atoms with Crippen LogP contribution < -0.4 is 11.1 Å². The lowest BCUT2D eigenvalue weighted by molar-refractivity contribution is 0.149. The van der Waals surface area contributed by atoms with Crippen LogP contribution in [0.4, 0.5) is 0 Å². The Bertz CT molecular complexity index is 374. The Hall–Kier alpha value is -0.900. The summed E-state index contributed by atoms with van der Waals surface area (Å²) >= 11 is 0. The van der Waals surface area contributed by atoms with Gasteiger partial charge in [0.2, 0.25) is 0 Å². The summed E-state index contributed by atoms with van der Waals surface area (Å²) in [5, 5.41) is 3.78. The molecule has 21 heavy (non-hydrogen) atoms. The zero-order valence-electron chi connectivity index (χ0n) is 13.3. The van der Waals surface area contributed by atoms with Gasteiger partial charge >= 0.3 is 0 Å². The summed E-state index contributed by atoms with van der Waals surface area (Å²) in [6.45, 7) is 1.56. The van der Waals surface area contributed by atoms with Gasteiger partial charge in [-0.1, -0.05) is 30.3 Å². The van der Waals surface area contributed by atoms with Crippen LogP contribution in [-0.4, -0.2) is 32.3 Å². The Morgan fingerprint density at radius 2 is 1.90 bits per heavy atom. The van der Waals surface area contributed by atoms with Crippen molar-refractivity contribution in [1.82, 2.24) is 5.32 Å². The normalized spacial score (nSPS) is 23.9. The molecular weight excluding hydrogens is 260 g/mol. The highest BCUT2D eigenvalue weighted by atomic mass is 16.5. The molecule has 1 unspecified atom stereocenters. The molecule has 3 heteroatoms. The number of rotatable bonds is 8. The summed E-state index contributed by atoms with van der Waals surface area (Å²) in [5.41, 5.74) is 7.13. The first-order chi connectivity index (χ1) is 10.3. The molecule has 2 rings (SSSR count). The lowest BCUT2D eigenvalue weighted by Gasteiger charge is -2.32. The van der Waals surface area contributed by atoms with E-state index >= 15 is 0 Å². The number of hydrogen-bond donors (Lipinski definition) is 2. The van der Waals surface area contributed by atoms with Crippen molar-refractivity contribution < 1.29 is 4.74 Å². The van der Waals surface area contributed by atoms with Gasteiger partial charge in [0.05, 0.1) is 6.61 Å². The summed E-state index contributed by atoms with van der Waals surface area (Å²) < 4.78 is 5.33. The van der Waals surface area contributed by atoms with Crippen molar-refractivity contribution >= 4 is 0 Å². The van der Waals surface area contributed by atoms with E-state index in [0.717, 1.165) is 31.9 Å². The number of methoxy groups -OCH3 is 1. The van der Waals surface area contributed by atoms with E-state index in [1.54, 1.807) is 7.11 Å². The molecule has 0 amide bonds. The molecule has 1 atom stereocenters. The van der Waals surface area contributed by atoms with Gasteiger partial charge in [-0.15, -0.1) is 0 Å². The molecular formula is C18H30N2O. The Balaban J connectivity index is 1.77. The number of nitrogens with two attached hydrogens (primary N) is 1. The van der Waals surface area contributed by atoms with Crippen molar-refractivity contribution in [2.45, 2.75) is 56.5 Å². The SMILES string of the molecule is COCC(CCCN)NC1CCC(c2ccccc2)CC1. The summed E-state index contributed by atoms with van der Waals surface area (Å²) in [6.07, 6.45) is 7.30. The summed E-state index contributed by atoms with van der Waals surface area (Å²) in [5.74, 6) is 0.745. The minimum Gasteiger partial charge on any atom is -0.383 e. The third-order valence-electron chi connectivity index (χ3n) is 4.59. The number of nitrogens with one attached hydrogen (secondary N) is 1. The molecule has 1 aromatic rings. The van der Waals surface area contributed by atoms with Gasteiger partial charge in [0, 0.05) is 19.2 Å². The molecule has 3 nitrogen and oxygen atoms in total. The molecule has 1 fully saturated rings. The third kappa shape index (κ3) is 5.42. The van der Waals surface area contributed by atoms with Crippen LogP contribution in [-0.2, 0) is 4.74 Å². The van der Waals surface area contributed by atoms with Crippen molar-refractivity contribution in [3.8, 4) is 0 Å². The second-order valence-corrected chi connectivity index (χ2v) is 6.21. The lowest BCUT2D eigenvalue weighted by Crippen LogP contribution is -2.42. The zero-order valence-corrected chi connectivity index (χ0v) is 13.3. The molecule has 1 aliphatic carbocycles. The maximum absolute atomic E-state index is 5.62. The van der Waals surface area contributed by atoms with E-state index in [9.17, 15) is 0 Å². The third-order valence-corrected chi connectivity index (χ3v) is 4.59. The molecule has 0 heterocycles. The fourth-order valence-electron chi connectivity index (χ4n) is 3.43. The maximum Gasteiger partial charge on any atom is 0.0615 e. The predicted octanol–water partition coefficient (Wildman–Crippen LogP) is 3.06. The van der Waals surface area contributed by atoms with Crippen molar-refractivity contribution in [1.29, 1.82) is 0 Å². The van der Waals surface area contributed by atoms with Crippen LogP contribution in [0.25, 0.3) is 0 Å².